The van der Waals surface area contributed by atoms with Gasteiger partial charge >= 0.3 is 0 Å². The van der Waals surface area contributed by atoms with Crippen LogP contribution in [0.25, 0.3) is 11.3 Å². The summed E-state index contributed by atoms with van der Waals surface area (Å²) in [6.45, 7) is 0. The number of nitrogens with zero attached hydrogens (tertiary/aromatic N) is 2. The van der Waals surface area contributed by atoms with Crippen LogP contribution in [0.15, 0.2) is 30.5 Å². The van der Waals surface area contributed by atoms with Crippen LogP contribution in [-0.2, 0) is 0 Å². The van der Waals surface area contributed by atoms with Gasteiger partial charge in [0, 0.05) is 15.8 Å². The summed E-state index contributed by atoms with van der Waals surface area (Å²) in [6, 6.07) is 6.29. The second-order valence-electron chi connectivity index (χ2n) is 2.81. The summed E-state index contributed by atoms with van der Waals surface area (Å²) in [5.74, 6) is -1.66. The first-order chi connectivity index (χ1) is 7.18. The predicted octanol–water partition coefficient (Wildman–Crippen LogP) is 3.03. The van der Waals surface area contributed by atoms with Gasteiger partial charge in [0.1, 0.15) is 0 Å². The molecule has 0 saturated heterocycles. The molecule has 0 unspecified atom stereocenters. The van der Waals surface area contributed by atoms with Crippen LogP contribution in [-0.4, -0.2) is 9.97 Å². The minimum Gasteiger partial charge on any atom is -0.256 e. The molecule has 5 heteroatoms. The van der Waals surface area contributed by atoms with E-state index in [1.54, 1.807) is 24.4 Å². The first kappa shape index (κ1) is 10.4. The van der Waals surface area contributed by atoms with E-state index in [1.807, 2.05) is 22.6 Å². The summed E-state index contributed by atoms with van der Waals surface area (Å²) in [4.78, 5) is 7.13. The Morgan fingerprint density at radius 1 is 1.20 bits per heavy atom. The van der Waals surface area contributed by atoms with Crippen LogP contribution in [0.5, 0.6) is 0 Å². The van der Waals surface area contributed by atoms with E-state index in [2.05, 4.69) is 9.97 Å². The van der Waals surface area contributed by atoms with E-state index < -0.39 is 11.9 Å². The van der Waals surface area contributed by atoms with Crippen molar-refractivity contribution in [3.8, 4) is 11.3 Å². The molecule has 0 aliphatic rings. The number of pyridine rings is 2. The van der Waals surface area contributed by atoms with Gasteiger partial charge in [-0.25, -0.2) is 0 Å². The summed E-state index contributed by atoms with van der Waals surface area (Å²) in [6.07, 6.45) is 1.55. The summed E-state index contributed by atoms with van der Waals surface area (Å²) >= 11 is 1.86. The number of rotatable bonds is 1. The van der Waals surface area contributed by atoms with Gasteiger partial charge in [0.15, 0.2) is 0 Å². The van der Waals surface area contributed by atoms with Gasteiger partial charge in [-0.3, -0.25) is 4.98 Å². The van der Waals surface area contributed by atoms with Gasteiger partial charge in [-0.1, -0.05) is 6.07 Å². The summed E-state index contributed by atoms with van der Waals surface area (Å²) in [5, 5.41) is 0. The van der Waals surface area contributed by atoms with Gasteiger partial charge in [-0.05, 0) is 34.7 Å². The maximum absolute atomic E-state index is 13.4. The SMILES string of the molecule is Fc1cc(I)c(-c2ccccn2)c(F)n1. The Balaban J connectivity index is 2.64. The number of halogens is 3. The first-order valence-electron chi connectivity index (χ1n) is 4.11. The van der Waals surface area contributed by atoms with E-state index in [1.165, 1.54) is 6.07 Å². The Labute approximate surface area is 98.5 Å². The highest BCUT2D eigenvalue weighted by Gasteiger charge is 2.13. The quantitative estimate of drug-likeness (QED) is 0.597. The molecule has 0 atom stereocenters. The molecule has 0 bridgehead atoms. The molecule has 0 spiro atoms. The minimum atomic E-state index is -0.835. The molecule has 0 saturated carbocycles. The van der Waals surface area contributed by atoms with Crippen LogP contribution in [0.2, 0.25) is 0 Å². The van der Waals surface area contributed by atoms with Gasteiger partial charge in [-0.15, -0.1) is 0 Å². The van der Waals surface area contributed by atoms with Crippen LogP contribution in [0, 0.1) is 15.5 Å². The lowest BCUT2D eigenvalue weighted by Gasteiger charge is -2.04. The fourth-order valence-electron chi connectivity index (χ4n) is 1.20. The Morgan fingerprint density at radius 2 is 2.00 bits per heavy atom. The maximum atomic E-state index is 13.4. The van der Waals surface area contributed by atoms with Crippen molar-refractivity contribution < 1.29 is 8.78 Å². The molecule has 15 heavy (non-hydrogen) atoms. The van der Waals surface area contributed by atoms with E-state index in [9.17, 15) is 8.78 Å². The van der Waals surface area contributed by atoms with Crippen molar-refractivity contribution in [1.82, 2.24) is 9.97 Å². The lowest BCUT2D eigenvalue weighted by Crippen LogP contribution is -1.97. The first-order valence-corrected chi connectivity index (χ1v) is 5.19. The van der Waals surface area contributed by atoms with Crippen molar-refractivity contribution >= 4 is 22.6 Å². The molecule has 0 aliphatic heterocycles. The highest BCUT2D eigenvalue weighted by molar-refractivity contribution is 14.1. The Kier molecular flexibility index (Phi) is 2.90. The van der Waals surface area contributed by atoms with Crippen molar-refractivity contribution in [2.45, 2.75) is 0 Å². The highest BCUT2D eigenvalue weighted by atomic mass is 127. The van der Waals surface area contributed by atoms with E-state index in [-0.39, 0.29) is 5.56 Å². The normalized spacial score (nSPS) is 10.3. The van der Waals surface area contributed by atoms with Crippen LogP contribution in [0.1, 0.15) is 0 Å². The van der Waals surface area contributed by atoms with Crippen molar-refractivity contribution in [3.05, 3.63) is 45.9 Å². The Hall–Kier alpha value is -1.11. The van der Waals surface area contributed by atoms with Crippen molar-refractivity contribution in [3.63, 3.8) is 0 Å². The van der Waals surface area contributed by atoms with E-state index in [0.717, 1.165) is 0 Å². The Bertz CT molecular complexity index is 465. The van der Waals surface area contributed by atoms with Gasteiger partial charge in [-0.2, -0.15) is 13.8 Å². The number of aromatic nitrogens is 2. The molecule has 0 radical (unpaired) electrons. The fourth-order valence-corrected chi connectivity index (χ4v) is 1.95. The minimum absolute atomic E-state index is 0.234. The molecule has 0 amide bonds. The lowest BCUT2D eigenvalue weighted by molar-refractivity contribution is 0.513. The van der Waals surface area contributed by atoms with Gasteiger partial charge < -0.3 is 0 Å². The number of hydrogen-bond donors (Lipinski definition) is 0. The molecule has 0 N–H and O–H groups in total. The van der Waals surface area contributed by atoms with Gasteiger partial charge in [0.25, 0.3) is 0 Å². The van der Waals surface area contributed by atoms with Crippen LogP contribution < -0.4 is 0 Å². The third-order valence-corrected chi connectivity index (χ3v) is 2.67. The summed E-state index contributed by atoms with van der Waals surface area (Å²) in [7, 11) is 0. The fraction of sp³-hybridized carbons (Fsp3) is 0. The van der Waals surface area contributed by atoms with E-state index >= 15 is 0 Å². The number of hydrogen-bond acceptors (Lipinski definition) is 2. The molecular formula is C10H5F2IN2. The molecule has 76 valence electrons. The predicted molar refractivity (Wildman–Crippen MR) is 60.1 cm³/mol. The lowest BCUT2D eigenvalue weighted by atomic mass is 10.2. The monoisotopic (exact) mass is 318 g/mol. The third-order valence-electron chi connectivity index (χ3n) is 1.82. The van der Waals surface area contributed by atoms with Crippen molar-refractivity contribution in [2.75, 3.05) is 0 Å². The summed E-state index contributed by atoms with van der Waals surface area (Å²) in [5.41, 5.74) is 0.685. The highest BCUT2D eigenvalue weighted by Crippen LogP contribution is 2.25. The van der Waals surface area contributed by atoms with Crippen LogP contribution in [0.4, 0.5) is 8.78 Å². The molecule has 0 aromatic carbocycles. The molecule has 2 nitrogen and oxygen atoms in total. The molecule has 2 aromatic heterocycles. The van der Waals surface area contributed by atoms with Crippen molar-refractivity contribution in [2.24, 2.45) is 0 Å². The molecule has 2 heterocycles. The van der Waals surface area contributed by atoms with E-state index in [4.69, 9.17) is 0 Å². The van der Waals surface area contributed by atoms with Gasteiger partial charge in [0.05, 0.1) is 11.3 Å². The van der Waals surface area contributed by atoms with Gasteiger partial charge in [0.2, 0.25) is 11.9 Å². The zero-order valence-corrected chi connectivity index (χ0v) is 9.57. The second kappa shape index (κ2) is 4.18. The topological polar surface area (TPSA) is 25.8 Å². The van der Waals surface area contributed by atoms with Crippen LogP contribution >= 0.6 is 22.6 Å². The van der Waals surface area contributed by atoms with E-state index in [0.29, 0.717) is 9.26 Å². The largest absolute Gasteiger partial charge is 0.256 e. The standard InChI is InChI=1S/C10H5F2IN2/c11-8-5-6(13)9(10(12)15-8)7-3-1-2-4-14-7/h1-5H. The van der Waals surface area contributed by atoms with Crippen molar-refractivity contribution in [1.29, 1.82) is 0 Å². The molecular weight excluding hydrogens is 313 g/mol. The average Bonchev–Trinajstić information content (AvgIpc) is 2.17. The molecule has 2 rings (SSSR count). The molecule has 0 aliphatic carbocycles. The zero-order chi connectivity index (χ0) is 10.8. The zero-order valence-electron chi connectivity index (χ0n) is 7.42. The molecule has 2 aromatic rings. The maximum Gasteiger partial charge on any atom is 0.226 e. The Morgan fingerprint density at radius 3 is 2.60 bits per heavy atom. The molecule has 0 fully saturated rings. The van der Waals surface area contributed by atoms with Crippen LogP contribution in [0.3, 0.4) is 0 Å². The summed E-state index contributed by atoms with van der Waals surface area (Å²) < 4.78 is 26.6. The second-order valence-corrected chi connectivity index (χ2v) is 3.97. The average molecular weight is 318 g/mol. The smallest absolute Gasteiger partial charge is 0.226 e. The third kappa shape index (κ3) is 2.11.